The van der Waals surface area contributed by atoms with Crippen molar-refractivity contribution in [2.24, 2.45) is 0 Å². The van der Waals surface area contributed by atoms with Gasteiger partial charge in [0.05, 0.1) is 0 Å². The Morgan fingerprint density at radius 1 is 1.36 bits per heavy atom. The molecule has 0 aliphatic heterocycles. The number of hydrogen-bond donors (Lipinski definition) is 2. The lowest BCUT2D eigenvalue weighted by atomic mass is 10.2. The van der Waals surface area contributed by atoms with E-state index in [1.807, 2.05) is 6.26 Å². The summed E-state index contributed by atoms with van der Waals surface area (Å²) in [7, 11) is 0. The molecule has 0 saturated heterocycles. The number of carboxylic acid groups (broad SMARTS) is 1. The van der Waals surface area contributed by atoms with Crippen LogP contribution in [0.4, 0.5) is 0 Å². The van der Waals surface area contributed by atoms with E-state index in [1.165, 1.54) is 6.07 Å². The van der Waals surface area contributed by atoms with E-state index >= 15 is 0 Å². The van der Waals surface area contributed by atoms with Crippen LogP contribution in [-0.2, 0) is 16.1 Å². The maximum Gasteiger partial charge on any atom is 0.326 e. The molecule has 1 heterocycles. The van der Waals surface area contributed by atoms with Crippen molar-refractivity contribution in [3.8, 4) is 0 Å². The van der Waals surface area contributed by atoms with E-state index in [9.17, 15) is 14.4 Å². The molecule has 2 N–H and O–H groups in total. The standard InChI is InChI=1S/C15H22N2O4S/c1-22-11-8-12(15(20)21)16-13(18)6-2-4-9-17-10-5-3-7-14(17)19/h3,5,7,10,12H,2,4,6,8-9,11H2,1H3,(H,16,18)(H,20,21). The van der Waals surface area contributed by atoms with Crippen molar-refractivity contribution in [2.75, 3.05) is 12.0 Å². The zero-order valence-electron chi connectivity index (χ0n) is 12.7. The minimum atomic E-state index is -1.00. The third-order valence-electron chi connectivity index (χ3n) is 3.20. The first-order valence-corrected chi connectivity index (χ1v) is 8.60. The van der Waals surface area contributed by atoms with E-state index in [4.69, 9.17) is 5.11 Å². The van der Waals surface area contributed by atoms with E-state index in [0.717, 1.165) is 0 Å². The lowest BCUT2D eigenvalue weighted by Crippen LogP contribution is -2.41. The topological polar surface area (TPSA) is 88.4 Å². The molecule has 0 aliphatic rings. The zero-order valence-corrected chi connectivity index (χ0v) is 13.5. The summed E-state index contributed by atoms with van der Waals surface area (Å²) in [5.74, 6) is -0.569. The Labute approximate surface area is 133 Å². The zero-order chi connectivity index (χ0) is 16.4. The predicted octanol–water partition coefficient (Wildman–Crippen LogP) is 1.34. The third-order valence-corrected chi connectivity index (χ3v) is 3.84. The van der Waals surface area contributed by atoms with Crippen molar-refractivity contribution in [3.63, 3.8) is 0 Å². The van der Waals surface area contributed by atoms with Gasteiger partial charge in [0.15, 0.2) is 0 Å². The highest BCUT2D eigenvalue weighted by atomic mass is 32.2. The number of nitrogens with one attached hydrogen (secondary N) is 1. The summed E-state index contributed by atoms with van der Waals surface area (Å²) in [6.07, 6.45) is 5.60. The summed E-state index contributed by atoms with van der Waals surface area (Å²) in [6, 6.07) is 4.15. The van der Waals surface area contributed by atoms with Gasteiger partial charge in [-0.3, -0.25) is 9.59 Å². The van der Waals surface area contributed by atoms with Crippen LogP contribution in [0.3, 0.4) is 0 Å². The molecule has 1 rings (SSSR count). The van der Waals surface area contributed by atoms with E-state index in [1.54, 1.807) is 34.7 Å². The van der Waals surface area contributed by atoms with Crippen LogP contribution in [0.2, 0.25) is 0 Å². The van der Waals surface area contributed by atoms with Crippen LogP contribution in [0.25, 0.3) is 0 Å². The molecule has 1 unspecified atom stereocenters. The minimum absolute atomic E-state index is 0.0602. The average molecular weight is 326 g/mol. The predicted molar refractivity (Wildman–Crippen MR) is 87.1 cm³/mol. The van der Waals surface area contributed by atoms with Crippen LogP contribution < -0.4 is 10.9 Å². The second-order valence-corrected chi connectivity index (χ2v) is 5.91. The number of unbranched alkanes of at least 4 members (excludes halogenated alkanes) is 1. The molecule has 0 aromatic carbocycles. The third kappa shape index (κ3) is 6.80. The van der Waals surface area contributed by atoms with Gasteiger partial charge >= 0.3 is 5.97 Å². The fraction of sp³-hybridized carbons (Fsp3) is 0.533. The van der Waals surface area contributed by atoms with Crippen LogP contribution in [0.5, 0.6) is 0 Å². The number of aromatic nitrogens is 1. The molecule has 22 heavy (non-hydrogen) atoms. The van der Waals surface area contributed by atoms with Crippen LogP contribution in [-0.4, -0.2) is 39.6 Å². The molecule has 122 valence electrons. The highest BCUT2D eigenvalue weighted by Gasteiger charge is 2.18. The summed E-state index contributed by atoms with van der Waals surface area (Å²) < 4.78 is 1.59. The van der Waals surface area contributed by atoms with E-state index in [2.05, 4.69) is 5.32 Å². The largest absolute Gasteiger partial charge is 0.480 e. The van der Waals surface area contributed by atoms with Crippen molar-refractivity contribution in [2.45, 2.75) is 38.3 Å². The molecule has 0 spiro atoms. The molecule has 0 saturated carbocycles. The Morgan fingerprint density at radius 3 is 2.77 bits per heavy atom. The highest BCUT2D eigenvalue weighted by molar-refractivity contribution is 7.98. The smallest absolute Gasteiger partial charge is 0.326 e. The van der Waals surface area contributed by atoms with Gasteiger partial charge in [0.25, 0.3) is 0 Å². The fourth-order valence-corrected chi connectivity index (χ4v) is 2.44. The second-order valence-electron chi connectivity index (χ2n) is 4.93. The van der Waals surface area contributed by atoms with Crippen molar-refractivity contribution in [1.82, 2.24) is 9.88 Å². The number of aryl methyl sites for hydroxylation is 1. The first-order chi connectivity index (χ1) is 10.5. The number of pyridine rings is 1. The first-order valence-electron chi connectivity index (χ1n) is 7.21. The lowest BCUT2D eigenvalue weighted by Gasteiger charge is -2.13. The molecule has 7 heteroatoms. The number of amides is 1. The minimum Gasteiger partial charge on any atom is -0.480 e. The summed E-state index contributed by atoms with van der Waals surface area (Å²) in [5.41, 5.74) is -0.0602. The second kappa shape index (κ2) is 10.0. The molecule has 0 bridgehead atoms. The number of nitrogens with zero attached hydrogens (tertiary/aromatic N) is 1. The molecule has 6 nitrogen and oxygen atoms in total. The van der Waals surface area contributed by atoms with E-state index in [-0.39, 0.29) is 17.9 Å². The average Bonchev–Trinajstić information content (AvgIpc) is 2.49. The SMILES string of the molecule is CSCCC(NC(=O)CCCCn1ccccc1=O)C(=O)O. The summed E-state index contributed by atoms with van der Waals surface area (Å²) in [6.45, 7) is 0.557. The monoisotopic (exact) mass is 326 g/mol. The Bertz CT molecular complexity index is 544. The Balaban J connectivity index is 2.29. The summed E-state index contributed by atoms with van der Waals surface area (Å²) in [4.78, 5) is 34.3. The van der Waals surface area contributed by atoms with Gasteiger partial charge in [0, 0.05) is 25.2 Å². The van der Waals surface area contributed by atoms with Gasteiger partial charge in [-0.1, -0.05) is 6.07 Å². The summed E-state index contributed by atoms with van der Waals surface area (Å²) >= 11 is 1.55. The van der Waals surface area contributed by atoms with Gasteiger partial charge in [0.2, 0.25) is 11.5 Å². The molecule has 0 fully saturated rings. The van der Waals surface area contributed by atoms with Crippen LogP contribution in [0.15, 0.2) is 29.2 Å². The number of thioether (sulfide) groups is 1. The Morgan fingerprint density at radius 2 is 2.14 bits per heavy atom. The Hall–Kier alpha value is -1.76. The number of aliphatic carboxylic acids is 1. The number of rotatable bonds is 10. The van der Waals surface area contributed by atoms with E-state index in [0.29, 0.717) is 31.6 Å². The molecule has 0 aliphatic carbocycles. The molecule has 1 atom stereocenters. The van der Waals surface area contributed by atoms with Gasteiger partial charge in [-0.2, -0.15) is 11.8 Å². The lowest BCUT2D eigenvalue weighted by molar-refractivity contribution is -0.141. The Kier molecular flexibility index (Phi) is 8.35. The van der Waals surface area contributed by atoms with Gasteiger partial charge in [-0.15, -0.1) is 0 Å². The maximum atomic E-state index is 11.7. The molecule has 0 radical (unpaired) electrons. The molecule has 1 amide bonds. The quantitative estimate of drug-likeness (QED) is 0.634. The van der Waals surface area contributed by atoms with Crippen LogP contribution in [0.1, 0.15) is 25.7 Å². The van der Waals surface area contributed by atoms with E-state index < -0.39 is 12.0 Å². The van der Waals surface area contributed by atoms with Crippen LogP contribution in [0, 0.1) is 0 Å². The van der Waals surface area contributed by atoms with Crippen molar-refractivity contribution < 1.29 is 14.7 Å². The van der Waals surface area contributed by atoms with Crippen molar-refractivity contribution in [3.05, 3.63) is 34.7 Å². The molecular formula is C15H22N2O4S. The van der Waals surface area contributed by atoms with Gasteiger partial charge < -0.3 is 15.0 Å². The molecular weight excluding hydrogens is 304 g/mol. The maximum absolute atomic E-state index is 11.7. The number of hydrogen-bond acceptors (Lipinski definition) is 4. The molecule has 1 aromatic rings. The molecule has 1 aromatic heterocycles. The normalized spacial score (nSPS) is 11.9. The van der Waals surface area contributed by atoms with Gasteiger partial charge in [0.1, 0.15) is 6.04 Å². The summed E-state index contributed by atoms with van der Waals surface area (Å²) in [5, 5.41) is 11.6. The van der Waals surface area contributed by atoms with Crippen molar-refractivity contribution in [1.29, 1.82) is 0 Å². The fourth-order valence-electron chi connectivity index (χ4n) is 1.97. The van der Waals surface area contributed by atoms with Gasteiger partial charge in [-0.05, 0) is 37.3 Å². The first kappa shape index (κ1) is 18.3. The van der Waals surface area contributed by atoms with Gasteiger partial charge in [-0.25, -0.2) is 4.79 Å². The van der Waals surface area contributed by atoms with Crippen LogP contribution >= 0.6 is 11.8 Å². The highest BCUT2D eigenvalue weighted by Crippen LogP contribution is 2.03. The van der Waals surface area contributed by atoms with Crippen molar-refractivity contribution >= 4 is 23.6 Å². The number of carbonyl (C=O) groups excluding carboxylic acids is 1. The number of carboxylic acids is 1. The number of carbonyl (C=O) groups is 2.